The maximum absolute atomic E-state index is 4.72. The summed E-state index contributed by atoms with van der Waals surface area (Å²) in [6, 6.07) is 0.957. The van der Waals surface area contributed by atoms with Crippen molar-refractivity contribution < 1.29 is 0 Å². The van der Waals surface area contributed by atoms with Crippen molar-refractivity contribution in [2.24, 2.45) is 5.41 Å². The van der Waals surface area contributed by atoms with Gasteiger partial charge in [0.25, 0.3) is 0 Å². The Kier molecular flexibility index (Phi) is 4.76. The summed E-state index contributed by atoms with van der Waals surface area (Å²) in [5.74, 6) is 1.09. The molecule has 2 aliphatic carbocycles. The minimum Gasteiger partial charge on any atom is -0.300 e. The topological polar surface area (TPSA) is 6.48 Å². The first-order valence-corrected chi connectivity index (χ1v) is 9.02. The van der Waals surface area contributed by atoms with E-state index in [9.17, 15) is 0 Å². The summed E-state index contributed by atoms with van der Waals surface area (Å²) in [7, 11) is 0. The van der Waals surface area contributed by atoms with E-state index in [1.54, 1.807) is 0 Å². The average molecular weight is 282 g/mol. The van der Waals surface area contributed by atoms with Crippen molar-refractivity contribution in [2.45, 2.75) is 57.4 Å². The van der Waals surface area contributed by atoms with E-state index < -0.39 is 0 Å². The van der Waals surface area contributed by atoms with Gasteiger partial charge in [-0.1, -0.05) is 25.7 Å². The third kappa shape index (κ3) is 3.68. The minimum atomic E-state index is 0.529. The molecule has 0 N–H and O–H groups in total. The van der Waals surface area contributed by atoms with Gasteiger partial charge in [-0.15, -0.1) is 0 Å². The van der Waals surface area contributed by atoms with Crippen LogP contribution >= 0.6 is 12.6 Å². The van der Waals surface area contributed by atoms with Gasteiger partial charge in [-0.2, -0.15) is 12.6 Å². The summed E-state index contributed by atoms with van der Waals surface area (Å²) in [5.41, 5.74) is 0.529. The number of hydrogen-bond acceptors (Lipinski definition) is 3. The molecule has 0 bridgehead atoms. The number of nitrogens with zero attached hydrogens (tertiary/aromatic N) is 2. The monoisotopic (exact) mass is 282 g/mol. The van der Waals surface area contributed by atoms with Crippen LogP contribution in [-0.2, 0) is 0 Å². The third-order valence-electron chi connectivity index (χ3n) is 5.53. The lowest BCUT2D eigenvalue weighted by Gasteiger charge is -2.41. The van der Waals surface area contributed by atoms with Crippen LogP contribution in [0.1, 0.15) is 51.4 Å². The van der Waals surface area contributed by atoms with E-state index >= 15 is 0 Å². The zero-order valence-corrected chi connectivity index (χ0v) is 13.2. The number of rotatable bonds is 4. The predicted molar refractivity (Wildman–Crippen MR) is 85.0 cm³/mol. The third-order valence-corrected chi connectivity index (χ3v) is 6.20. The summed E-state index contributed by atoms with van der Waals surface area (Å²) in [4.78, 5) is 5.46. The minimum absolute atomic E-state index is 0.529. The van der Waals surface area contributed by atoms with Crippen molar-refractivity contribution >= 4 is 12.6 Å². The molecule has 1 aliphatic heterocycles. The Morgan fingerprint density at radius 2 is 1.53 bits per heavy atom. The van der Waals surface area contributed by atoms with Crippen molar-refractivity contribution in [2.75, 3.05) is 38.5 Å². The number of hydrogen-bond donors (Lipinski definition) is 1. The molecule has 0 aromatic rings. The lowest BCUT2D eigenvalue weighted by Crippen LogP contribution is -2.50. The highest BCUT2D eigenvalue weighted by atomic mass is 32.1. The molecule has 0 unspecified atom stereocenters. The normalized spacial score (nSPS) is 30.2. The van der Waals surface area contributed by atoms with Crippen LogP contribution in [0.15, 0.2) is 0 Å². The summed E-state index contributed by atoms with van der Waals surface area (Å²) in [5, 5.41) is 0. The van der Waals surface area contributed by atoms with Crippen LogP contribution in [0.25, 0.3) is 0 Å². The summed E-state index contributed by atoms with van der Waals surface area (Å²) < 4.78 is 0. The van der Waals surface area contributed by atoms with Crippen molar-refractivity contribution in [1.82, 2.24) is 9.80 Å². The second-order valence-electron chi connectivity index (χ2n) is 7.12. The van der Waals surface area contributed by atoms with E-state index in [4.69, 9.17) is 12.6 Å². The Balaban J connectivity index is 1.51. The quantitative estimate of drug-likeness (QED) is 0.625. The van der Waals surface area contributed by atoms with Gasteiger partial charge in [0.15, 0.2) is 0 Å². The molecule has 19 heavy (non-hydrogen) atoms. The Bertz CT molecular complexity index is 274. The van der Waals surface area contributed by atoms with Crippen molar-refractivity contribution in [1.29, 1.82) is 0 Å². The summed E-state index contributed by atoms with van der Waals surface area (Å²) in [6.07, 6.45) is 11.5. The van der Waals surface area contributed by atoms with Gasteiger partial charge in [-0.25, -0.2) is 0 Å². The van der Waals surface area contributed by atoms with E-state index in [1.807, 2.05) is 0 Å². The molecule has 110 valence electrons. The van der Waals surface area contributed by atoms with Crippen LogP contribution in [0.2, 0.25) is 0 Å². The Morgan fingerprint density at radius 1 is 0.895 bits per heavy atom. The molecule has 3 heteroatoms. The molecule has 3 rings (SSSR count). The molecule has 1 saturated heterocycles. The Morgan fingerprint density at radius 3 is 2.05 bits per heavy atom. The van der Waals surface area contributed by atoms with Crippen LogP contribution < -0.4 is 0 Å². The van der Waals surface area contributed by atoms with Gasteiger partial charge in [0.1, 0.15) is 0 Å². The molecule has 0 aromatic carbocycles. The van der Waals surface area contributed by atoms with Gasteiger partial charge in [0.2, 0.25) is 0 Å². The van der Waals surface area contributed by atoms with Gasteiger partial charge in [-0.3, -0.25) is 4.90 Å². The van der Waals surface area contributed by atoms with Crippen LogP contribution in [0, 0.1) is 5.41 Å². The van der Waals surface area contributed by atoms with Crippen molar-refractivity contribution in [3.63, 3.8) is 0 Å². The van der Waals surface area contributed by atoms with Gasteiger partial charge in [-0.05, 0) is 36.9 Å². The molecule has 3 aliphatic rings. The van der Waals surface area contributed by atoms with Crippen molar-refractivity contribution in [3.05, 3.63) is 0 Å². The highest BCUT2D eigenvalue weighted by Crippen LogP contribution is 2.37. The molecule has 0 aromatic heterocycles. The first-order valence-electron chi connectivity index (χ1n) is 8.39. The zero-order chi connectivity index (χ0) is 13.1. The fourth-order valence-corrected chi connectivity index (χ4v) is 4.46. The zero-order valence-electron chi connectivity index (χ0n) is 12.3. The maximum atomic E-state index is 4.72. The van der Waals surface area contributed by atoms with E-state index in [1.165, 1.54) is 84.1 Å². The highest BCUT2D eigenvalue weighted by molar-refractivity contribution is 7.80. The summed E-state index contributed by atoms with van der Waals surface area (Å²) >= 11 is 4.72. The molecule has 0 spiro atoms. The van der Waals surface area contributed by atoms with E-state index in [0.717, 1.165) is 11.8 Å². The number of thiol groups is 1. The fourth-order valence-electron chi connectivity index (χ4n) is 4.05. The van der Waals surface area contributed by atoms with Gasteiger partial charge < -0.3 is 4.90 Å². The van der Waals surface area contributed by atoms with Gasteiger partial charge in [0.05, 0.1) is 0 Å². The number of piperazine rings is 1. The molecular formula is C16H30N2S. The van der Waals surface area contributed by atoms with E-state index in [2.05, 4.69) is 9.80 Å². The lowest BCUT2D eigenvalue weighted by molar-refractivity contribution is 0.0823. The van der Waals surface area contributed by atoms with Crippen LogP contribution in [0.4, 0.5) is 0 Å². The standard InChI is InChI=1S/C16H30N2S/c19-14-16(7-3-1-2-4-8-16)13-17-9-11-18(12-10-17)15-5-6-15/h15,19H,1-14H2. The smallest absolute Gasteiger partial charge is 0.0113 e. The molecule has 0 radical (unpaired) electrons. The molecule has 2 saturated carbocycles. The van der Waals surface area contributed by atoms with Crippen LogP contribution in [0.5, 0.6) is 0 Å². The second kappa shape index (κ2) is 6.36. The van der Waals surface area contributed by atoms with E-state index in [0.29, 0.717) is 5.41 Å². The lowest BCUT2D eigenvalue weighted by atomic mass is 9.81. The first kappa shape index (κ1) is 14.2. The van der Waals surface area contributed by atoms with Gasteiger partial charge >= 0.3 is 0 Å². The second-order valence-corrected chi connectivity index (χ2v) is 7.43. The Hall–Kier alpha value is 0.270. The van der Waals surface area contributed by atoms with Gasteiger partial charge in [0, 0.05) is 38.8 Å². The SMILES string of the molecule is SCC1(CN2CCN(C3CC3)CC2)CCCCCC1. The fraction of sp³-hybridized carbons (Fsp3) is 1.00. The van der Waals surface area contributed by atoms with E-state index in [-0.39, 0.29) is 0 Å². The average Bonchev–Trinajstić information content (AvgIpc) is 3.27. The predicted octanol–water partition coefficient (Wildman–Crippen LogP) is 3.04. The van der Waals surface area contributed by atoms with Crippen LogP contribution in [0.3, 0.4) is 0 Å². The molecule has 0 atom stereocenters. The summed E-state index contributed by atoms with van der Waals surface area (Å²) in [6.45, 7) is 6.54. The van der Waals surface area contributed by atoms with Crippen LogP contribution in [-0.4, -0.2) is 54.3 Å². The highest BCUT2D eigenvalue weighted by Gasteiger charge is 2.35. The Labute approximate surface area is 124 Å². The van der Waals surface area contributed by atoms with Crippen molar-refractivity contribution in [3.8, 4) is 0 Å². The maximum Gasteiger partial charge on any atom is 0.0113 e. The first-order chi connectivity index (χ1) is 9.31. The molecule has 0 amide bonds. The molecule has 1 heterocycles. The molecule has 2 nitrogen and oxygen atoms in total. The largest absolute Gasteiger partial charge is 0.300 e. The molecular weight excluding hydrogens is 252 g/mol. The molecule has 3 fully saturated rings.